The number of hydrogen-bond acceptors (Lipinski definition) is 4. The highest BCUT2D eigenvalue weighted by molar-refractivity contribution is 5.88. The van der Waals surface area contributed by atoms with Crippen molar-refractivity contribution in [2.24, 2.45) is 45.3 Å². The van der Waals surface area contributed by atoms with Gasteiger partial charge in [0, 0.05) is 44.8 Å². The van der Waals surface area contributed by atoms with Gasteiger partial charge in [0.2, 0.25) is 0 Å². The number of hydrogen-bond donors (Lipinski definition) is 3. The number of carboxylic acid groups (broad SMARTS) is 1. The molecule has 4 saturated carbocycles. The minimum atomic E-state index is -0.847. The molecule has 0 spiro atoms. The lowest BCUT2D eigenvalue weighted by Gasteiger charge is -2.72. The second-order valence-electron chi connectivity index (χ2n) is 17.3. The zero-order chi connectivity index (χ0) is 31.0. The van der Waals surface area contributed by atoms with Gasteiger partial charge in [-0.2, -0.15) is 0 Å². The Morgan fingerprint density at radius 2 is 1.64 bits per heavy atom. The summed E-state index contributed by atoms with van der Waals surface area (Å²) in [5.41, 5.74) is 4.58. The number of piperazine rings is 1. The molecule has 1 heterocycles. The first-order chi connectivity index (χ1) is 20.9. The van der Waals surface area contributed by atoms with Crippen LogP contribution >= 0.6 is 0 Å². The molecule has 5 nitrogen and oxygen atoms in total. The van der Waals surface area contributed by atoms with E-state index in [-0.39, 0.29) is 5.41 Å². The number of allylic oxidation sites excluding steroid dienone is 2. The molecule has 5 heteroatoms. The number of nitrogens with one attached hydrogen (secondary N) is 2. The number of aromatic carboxylic acids is 1. The molecule has 1 aromatic rings. The Labute approximate surface area is 267 Å². The van der Waals surface area contributed by atoms with Crippen LogP contribution in [0.5, 0.6) is 0 Å². The van der Waals surface area contributed by atoms with Crippen LogP contribution in [0.15, 0.2) is 30.3 Å². The van der Waals surface area contributed by atoms with Gasteiger partial charge in [0.25, 0.3) is 0 Å². The maximum absolute atomic E-state index is 11.5. The summed E-state index contributed by atoms with van der Waals surface area (Å²) in [4.78, 5) is 14.2. The van der Waals surface area contributed by atoms with Crippen molar-refractivity contribution in [3.05, 3.63) is 41.5 Å². The summed E-state index contributed by atoms with van der Waals surface area (Å²) in [6.45, 7) is 20.2. The second-order valence-corrected chi connectivity index (χ2v) is 17.3. The predicted molar refractivity (Wildman–Crippen MR) is 180 cm³/mol. The van der Waals surface area contributed by atoms with Gasteiger partial charge in [-0.3, -0.25) is 4.90 Å². The second kappa shape index (κ2) is 10.9. The van der Waals surface area contributed by atoms with Gasteiger partial charge in [0.1, 0.15) is 0 Å². The summed E-state index contributed by atoms with van der Waals surface area (Å²) in [6, 6.07) is 7.67. The van der Waals surface area contributed by atoms with E-state index in [9.17, 15) is 9.90 Å². The van der Waals surface area contributed by atoms with E-state index in [1.54, 1.807) is 12.1 Å². The Kier molecular flexibility index (Phi) is 7.70. The van der Waals surface area contributed by atoms with E-state index < -0.39 is 5.97 Å². The molecular formula is C39H59N3O2. The van der Waals surface area contributed by atoms with Crippen molar-refractivity contribution in [2.75, 3.05) is 39.3 Å². The molecule has 0 radical (unpaired) electrons. The van der Waals surface area contributed by atoms with E-state index in [1.165, 1.54) is 88.6 Å². The van der Waals surface area contributed by atoms with E-state index in [0.717, 1.165) is 43.8 Å². The Morgan fingerprint density at radius 3 is 2.36 bits per heavy atom. The van der Waals surface area contributed by atoms with Gasteiger partial charge in [-0.15, -0.1) is 0 Å². The molecule has 1 aromatic carbocycles. The molecule has 0 bridgehead atoms. The first kappa shape index (κ1) is 30.9. The molecule has 44 heavy (non-hydrogen) atoms. The summed E-state index contributed by atoms with van der Waals surface area (Å²) >= 11 is 0. The van der Waals surface area contributed by atoms with Crippen molar-refractivity contribution in [1.29, 1.82) is 0 Å². The smallest absolute Gasteiger partial charge is 0.335 e. The minimum Gasteiger partial charge on any atom is -0.478 e. The fourth-order valence-corrected chi connectivity index (χ4v) is 13.2. The predicted octanol–water partition coefficient (Wildman–Crippen LogP) is 7.48. The third-order valence-electron chi connectivity index (χ3n) is 15.5. The molecule has 5 fully saturated rings. The van der Waals surface area contributed by atoms with Gasteiger partial charge in [-0.1, -0.05) is 59.2 Å². The SMILES string of the molecule is CC1(C)C(c2ccc(C(=O)O)cc2)=CC[C@@]2(C)C1CC[C@]1(C)C2CC[C@@H]2C3CCC[C@]3(NCCN3CCNCC3)CC[C@]21C. The van der Waals surface area contributed by atoms with Crippen molar-refractivity contribution in [2.45, 2.75) is 104 Å². The van der Waals surface area contributed by atoms with Crippen molar-refractivity contribution < 1.29 is 9.90 Å². The van der Waals surface area contributed by atoms with Crippen molar-refractivity contribution in [3.8, 4) is 0 Å². The molecule has 3 unspecified atom stereocenters. The Bertz CT molecular complexity index is 1280. The first-order valence-corrected chi connectivity index (χ1v) is 18.2. The van der Waals surface area contributed by atoms with E-state index in [0.29, 0.717) is 33.3 Å². The first-order valence-electron chi connectivity index (χ1n) is 18.2. The average Bonchev–Trinajstić information content (AvgIpc) is 3.42. The van der Waals surface area contributed by atoms with Crippen LogP contribution in [0, 0.1) is 45.3 Å². The third-order valence-corrected chi connectivity index (χ3v) is 15.5. The van der Waals surface area contributed by atoms with Gasteiger partial charge >= 0.3 is 5.97 Å². The topological polar surface area (TPSA) is 64.6 Å². The number of carbonyl (C=O) groups is 1. The molecule has 7 rings (SSSR count). The molecule has 0 amide bonds. The zero-order valence-electron chi connectivity index (χ0n) is 28.3. The lowest BCUT2D eigenvalue weighted by molar-refractivity contribution is -0.217. The Balaban J connectivity index is 1.12. The summed E-state index contributed by atoms with van der Waals surface area (Å²) < 4.78 is 0. The van der Waals surface area contributed by atoms with Crippen molar-refractivity contribution in [3.63, 3.8) is 0 Å². The summed E-state index contributed by atoms with van der Waals surface area (Å²) in [7, 11) is 0. The zero-order valence-corrected chi connectivity index (χ0v) is 28.3. The van der Waals surface area contributed by atoms with Crippen molar-refractivity contribution >= 4 is 11.5 Å². The van der Waals surface area contributed by atoms with Crippen LogP contribution in [-0.4, -0.2) is 60.8 Å². The lowest BCUT2D eigenvalue weighted by Crippen LogP contribution is -2.67. The van der Waals surface area contributed by atoms with E-state index in [2.05, 4.69) is 56.2 Å². The standard InChI is InChI=1S/C39H59N3O2/c1-35(2)29(27-8-10-28(11-9-27)34(43)44)14-17-36(3)32(35)15-18-38(5)33(36)13-12-30-31-7-6-16-39(31,20-19-37(30,38)4)41-23-26-42-24-21-40-22-25-42/h8-11,14,30-33,40-41H,6-7,12-13,15-26H2,1-5H3,(H,43,44)/t30-,31?,32?,33?,36+,37-,38-,39+/m1/s1. The molecule has 8 atom stereocenters. The molecule has 1 aliphatic heterocycles. The summed E-state index contributed by atoms with van der Waals surface area (Å²) in [5, 5.41) is 17.2. The fourth-order valence-electron chi connectivity index (χ4n) is 13.2. The summed E-state index contributed by atoms with van der Waals surface area (Å²) in [5.74, 6) is 2.25. The normalized spacial score (nSPS) is 43.2. The molecule has 1 saturated heterocycles. The molecule has 3 N–H and O–H groups in total. The van der Waals surface area contributed by atoms with Crippen LogP contribution in [0.2, 0.25) is 0 Å². The van der Waals surface area contributed by atoms with Crippen molar-refractivity contribution in [1.82, 2.24) is 15.5 Å². The minimum absolute atomic E-state index is 0.0678. The number of fused-ring (bicyclic) bond motifs is 7. The monoisotopic (exact) mass is 601 g/mol. The maximum atomic E-state index is 11.5. The van der Waals surface area contributed by atoms with Gasteiger partial charge in [-0.05, 0) is 126 Å². The van der Waals surface area contributed by atoms with Gasteiger partial charge < -0.3 is 15.7 Å². The lowest BCUT2D eigenvalue weighted by atomic mass is 9.33. The maximum Gasteiger partial charge on any atom is 0.335 e. The highest BCUT2D eigenvalue weighted by Crippen LogP contribution is 2.76. The largest absolute Gasteiger partial charge is 0.478 e. The Hall–Kier alpha value is -1.69. The van der Waals surface area contributed by atoms with Crippen LogP contribution in [0.3, 0.4) is 0 Å². The van der Waals surface area contributed by atoms with E-state index in [1.807, 2.05) is 12.1 Å². The van der Waals surface area contributed by atoms with Gasteiger partial charge in [0.05, 0.1) is 5.56 Å². The van der Waals surface area contributed by atoms with Gasteiger partial charge in [-0.25, -0.2) is 4.79 Å². The number of carboxylic acids is 1. The molecule has 242 valence electrons. The van der Waals surface area contributed by atoms with Crippen LogP contribution in [0.4, 0.5) is 0 Å². The molecule has 6 aliphatic rings. The number of nitrogens with zero attached hydrogens (tertiary/aromatic N) is 1. The Morgan fingerprint density at radius 1 is 0.886 bits per heavy atom. The molecule has 0 aromatic heterocycles. The highest BCUT2D eigenvalue weighted by Gasteiger charge is 2.69. The average molecular weight is 602 g/mol. The van der Waals surface area contributed by atoms with E-state index >= 15 is 0 Å². The quantitative estimate of drug-likeness (QED) is 0.316. The van der Waals surface area contributed by atoms with Crippen LogP contribution in [-0.2, 0) is 0 Å². The number of rotatable bonds is 6. The number of benzene rings is 1. The fraction of sp³-hybridized carbons (Fsp3) is 0.769. The third kappa shape index (κ3) is 4.53. The highest BCUT2D eigenvalue weighted by atomic mass is 16.4. The van der Waals surface area contributed by atoms with Crippen LogP contribution in [0.1, 0.15) is 115 Å². The van der Waals surface area contributed by atoms with E-state index in [4.69, 9.17) is 0 Å². The molecule has 5 aliphatic carbocycles. The van der Waals surface area contributed by atoms with Gasteiger partial charge in [0.15, 0.2) is 0 Å². The molecular weight excluding hydrogens is 542 g/mol. The summed E-state index contributed by atoms with van der Waals surface area (Å²) in [6.07, 6.45) is 16.2. The van der Waals surface area contributed by atoms with Crippen LogP contribution < -0.4 is 10.6 Å². The van der Waals surface area contributed by atoms with Crippen LogP contribution in [0.25, 0.3) is 5.57 Å².